The van der Waals surface area contributed by atoms with Gasteiger partial charge in [0.05, 0.1) is 17.1 Å². The number of nitrogens with one attached hydrogen (secondary N) is 1. The van der Waals surface area contributed by atoms with Gasteiger partial charge >= 0.3 is 6.09 Å². The number of fused-ring (bicyclic) bond motifs is 1. The molecule has 110 valence electrons. The first kappa shape index (κ1) is 13.9. The molecule has 1 aliphatic carbocycles. The van der Waals surface area contributed by atoms with E-state index < -0.39 is 11.6 Å². The minimum Gasteiger partial charge on any atom is -0.415 e. The van der Waals surface area contributed by atoms with Crippen molar-refractivity contribution in [2.24, 2.45) is 0 Å². The van der Waals surface area contributed by atoms with Crippen LogP contribution in [0.4, 0.5) is 16.2 Å². The molecule has 0 saturated heterocycles. The minimum absolute atomic E-state index is 0.178. The number of hydrogen-bond donors (Lipinski definition) is 1. The average molecular weight is 307 g/mol. The van der Waals surface area contributed by atoms with Gasteiger partial charge in [0, 0.05) is 5.02 Å². The molecule has 0 bridgehead atoms. The Labute approximate surface area is 127 Å². The summed E-state index contributed by atoms with van der Waals surface area (Å²) in [5, 5.41) is 3.34. The van der Waals surface area contributed by atoms with E-state index in [2.05, 4.69) is 11.9 Å². The lowest BCUT2D eigenvalue weighted by Gasteiger charge is -2.50. The number of hydrogen-bond acceptors (Lipinski definition) is 3. The lowest BCUT2D eigenvalue weighted by Crippen LogP contribution is -2.65. The summed E-state index contributed by atoms with van der Waals surface area (Å²) < 4.78 is 5.14. The molecule has 0 radical (unpaired) electrons. The molecule has 1 aliphatic heterocycles. The third-order valence-electron chi connectivity index (χ3n) is 3.92. The van der Waals surface area contributed by atoms with Crippen molar-refractivity contribution in [3.8, 4) is 0 Å². The zero-order valence-corrected chi connectivity index (χ0v) is 12.4. The molecule has 1 aromatic rings. The normalized spacial score (nSPS) is 18.6. The van der Waals surface area contributed by atoms with Crippen molar-refractivity contribution in [1.82, 2.24) is 0 Å². The van der Waals surface area contributed by atoms with Crippen molar-refractivity contribution in [2.75, 3.05) is 10.2 Å². The van der Waals surface area contributed by atoms with Gasteiger partial charge in [-0.05, 0) is 44.4 Å². The van der Waals surface area contributed by atoms with Gasteiger partial charge in [0.2, 0.25) is 0 Å². The number of carbonyl (C=O) groups excluding carboxylic acids is 2. The highest BCUT2D eigenvalue weighted by Crippen LogP contribution is 2.48. The van der Waals surface area contributed by atoms with Gasteiger partial charge in [-0.15, -0.1) is 0 Å². The standard InChI is InChI=1S/C15H15ClN2O3/c1-9(2)21-14(20)18-12-8-10(16)4-5-11(12)17-13(19)15(18)6-3-7-15/h4-5,8H,1,3,6-7H2,2H3,(H,17,19). The molecular formula is C15H15ClN2O3. The van der Waals surface area contributed by atoms with Crippen molar-refractivity contribution in [3.63, 3.8) is 0 Å². The average Bonchev–Trinajstić information content (AvgIpc) is 2.34. The van der Waals surface area contributed by atoms with E-state index in [0.29, 0.717) is 29.2 Å². The molecule has 1 N–H and O–H groups in total. The minimum atomic E-state index is -0.871. The molecule has 0 unspecified atom stereocenters. The molecule has 21 heavy (non-hydrogen) atoms. The number of ether oxygens (including phenoxy) is 1. The predicted octanol–water partition coefficient (Wildman–Crippen LogP) is 3.69. The van der Waals surface area contributed by atoms with E-state index >= 15 is 0 Å². The van der Waals surface area contributed by atoms with Crippen molar-refractivity contribution in [2.45, 2.75) is 31.7 Å². The molecule has 1 spiro atoms. The zero-order valence-electron chi connectivity index (χ0n) is 11.6. The van der Waals surface area contributed by atoms with E-state index in [9.17, 15) is 9.59 Å². The summed E-state index contributed by atoms with van der Waals surface area (Å²) in [6.45, 7) is 5.17. The van der Waals surface area contributed by atoms with Crippen LogP contribution < -0.4 is 10.2 Å². The highest BCUT2D eigenvalue weighted by Gasteiger charge is 2.55. The van der Waals surface area contributed by atoms with E-state index in [1.807, 2.05) is 0 Å². The van der Waals surface area contributed by atoms with Crippen molar-refractivity contribution >= 4 is 35.0 Å². The molecule has 1 saturated carbocycles. The van der Waals surface area contributed by atoms with E-state index in [1.165, 1.54) is 4.90 Å². The lowest BCUT2D eigenvalue weighted by atomic mass is 9.73. The maximum absolute atomic E-state index is 12.5. The highest BCUT2D eigenvalue weighted by atomic mass is 35.5. The Morgan fingerprint density at radius 1 is 1.48 bits per heavy atom. The molecule has 1 heterocycles. The molecule has 1 aromatic carbocycles. The highest BCUT2D eigenvalue weighted by molar-refractivity contribution is 6.31. The van der Waals surface area contributed by atoms with Crippen LogP contribution in [0.5, 0.6) is 0 Å². The van der Waals surface area contributed by atoms with Crippen LogP contribution in [0, 0.1) is 0 Å². The van der Waals surface area contributed by atoms with Crippen LogP contribution in [0.25, 0.3) is 0 Å². The number of nitrogens with zero attached hydrogens (tertiary/aromatic N) is 1. The first-order valence-corrected chi connectivity index (χ1v) is 7.10. The number of benzene rings is 1. The van der Waals surface area contributed by atoms with Gasteiger partial charge in [0.15, 0.2) is 0 Å². The van der Waals surface area contributed by atoms with E-state index in [-0.39, 0.29) is 11.7 Å². The van der Waals surface area contributed by atoms with Crippen LogP contribution in [0.15, 0.2) is 30.5 Å². The number of anilines is 2. The Morgan fingerprint density at radius 3 is 2.76 bits per heavy atom. The first-order chi connectivity index (χ1) is 9.94. The Hall–Kier alpha value is -2.01. The van der Waals surface area contributed by atoms with Gasteiger partial charge < -0.3 is 10.1 Å². The quantitative estimate of drug-likeness (QED) is 0.805. The van der Waals surface area contributed by atoms with E-state index in [4.69, 9.17) is 16.3 Å². The Morgan fingerprint density at radius 2 is 2.19 bits per heavy atom. The van der Waals surface area contributed by atoms with Crippen LogP contribution in [0.3, 0.4) is 0 Å². The molecule has 0 atom stereocenters. The predicted molar refractivity (Wildman–Crippen MR) is 80.4 cm³/mol. The van der Waals surface area contributed by atoms with Crippen LogP contribution >= 0.6 is 11.6 Å². The SMILES string of the molecule is C=C(C)OC(=O)N1c2cc(Cl)ccc2NC(=O)C12CCC2. The number of halogens is 1. The summed E-state index contributed by atoms with van der Waals surface area (Å²) in [7, 11) is 0. The second-order valence-electron chi connectivity index (χ2n) is 5.41. The number of rotatable bonds is 1. The van der Waals surface area contributed by atoms with Gasteiger partial charge in [0.1, 0.15) is 5.54 Å². The van der Waals surface area contributed by atoms with E-state index in [0.717, 1.165) is 6.42 Å². The third kappa shape index (κ3) is 2.08. The smallest absolute Gasteiger partial charge is 0.415 e. The van der Waals surface area contributed by atoms with Gasteiger partial charge in [-0.3, -0.25) is 9.69 Å². The fourth-order valence-corrected chi connectivity index (χ4v) is 2.96. The number of carbonyl (C=O) groups is 2. The third-order valence-corrected chi connectivity index (χ3v) is 4.16. The summed E-state index contributed by atoms with van der Waals surface area (Å²) in [5.41, 5.74) is 0.248. The Kier molecular flexibility index (Phi) is 3.17. The van der Waals surface area contributed by atoms with Crippen LogP contribution in [-0.4, -0.2) is 17.5 Å². The zero-order chi connectivity index (χ0) is 15.2. The molecule has 1 fully saturated rings. The molecular weight excluding hydrogens is 292 g/mol. The first-order valence-electron chi connectivity index (χ1n) is 6.72. The second-order valence-corrected chi connectivity index (χ2v) is 5.84. The largest absolute Gasteiger partial charge is 0.420 e. The second kappa shape index (κ2) is 4.77. The van der Waals surface area contributed by atoms with Crippen molar-refractivity contribution < 1.29 is 14.3 Å². The van der Waals surface area contributed by atoms with Crippen LogP contribution in [0.2, 0.25) is 5.02 Å². The van der Waals surface area contributed by atoms with Crippen LogP contribution in [-0.2, 0) is 9.53 Å². The molecule has 2 aliphatic rings. The summed E-state index contributed by atoms with van der Waals surface area (Å²) in [5.74, 6) is 0.103. The van der Waals surface area contributed by atoms with Gasteiger partial charge in [-0.25, -0.2) is 4.79 Å². The Balaban J connectivity index is 2.11. The van der Waals surface area contributed by atoms with Gasteiger partial charge in [0.25, 0.3) is 5.91 Å². The molecule has 2 amide bonds. The fourth-order valence-electron chi connectivity index (χ4n) is 2.80. The molecule has 3 rings (SSSR count). The number of allylic oxidation sites excluding steroid dienone is 1. The van der Waals surface area contributed by atoms with E-state index in [1.54, 1.807) is 25.1 Å². The summed E-state index contributed by atoms with van der Waals surface area (Å²) >= 11 is 6.03. The summed E-state index contributed by atoms with van der Waals surface area (Å²) in [4.78, 5) is 26.3. The van der Waals surface area contributed by atoms with Gasteiger partial charge in [-0.2, -0.15) is 0 Å². The topological polar surface area (TPSA) is 58.6 Å². The van der Waals surface area contributed by atoms with Crippen molar-refractivity contribution in [3.05, 3.63) is 35.6 Å². The Bertz CT molecular complexity index is 652. The van der Waals surface area contributed by atoms with Crippen LogP contribution in [0.1, 0.15) is 26.2 Å². The molecule has 6 heteroatoms. The monoisotopic (exact) mass is 306 g/mol. The maximum atomic E-state index is 12.5. The lowest BCUT2D eigenvalue weighted by molar-refractivity contribution is -0.124. The maximum Gasteiger partial charge on any atom is 0.420 e. The van der Waals surface area contributed by atoms with Gasteiger partial charge in [-0.1, -0.05) is 18.2 Å². The fraction of sp³-hybridized carbons (Fsp3) is 0.333. The van der Waals surface area contributed by atoms with Crippen molar-refractivity contribution in [1.29, 1.82) is 0 Å². The molecule has 0 aromatic heterocycles. The summed E-state index contributed by atoms with van der Waals surface area (Å²) in [6, 6.07) is 5.01. The number of amides is 2. The molecule has 5 nitrogen and oxygen atoms in total. The summed E-state index contributed by atoms with van der Waals surface area (Å²) in [6.07, 6.45) is 1.51.